The number of carbonyl (C=O) groups is 1. The van der Waals surface area contributed by atoms with Crippen LogP contribution in [0.2, 0.25) is 0 Å². The third-order valence-corrected chi connectivity index (χ3v) is 6.16. The molecule has 2 aromatic rings. The summed E-state index contributed by atoms with van der Waals surface area (Å²) in [4.78, 5) is 12.7. The molecule has 0 saturated heterocycles. The van der Waals surface area contributed by atoms with Crippen molar-refractivity contribution in [3.8, 4) is 0 Å². The van der Waals surface area contributed by atoms with Crippen LogP contribution in [-0.4, -0.2) is 35.1 Å². The highest BCUT2D eigenvalue weighted by Gasteiger charge is 2.26. The highest BCUT2D eigenvalue weighted by Crippen LogP contribution is 2.14. The van der Waals surface area contributed by atoms with Crippen LogP contribution in [0, 0.1) is 5.92 Å². The Morgan fingerprint density at radius 1 is 1.17 bits per heavy atom. The molecule has 162 valence electrons. The third kappa shape index (κ3) is 5.99. The van der Waals surface area contributed by atoms with Crippen molar-refractivity contribution in [1.82, 2.24) is 24.8 Å². The molecule has 3 rings (SSSR count). The van der Waals surface area contributed by atoms with Gasteiger partial charge in [-0.1, -0.05) is 50.6 Å². The van der Waals surface area contributed by atoms with Gasteiger partial charge in [0.25, 0.3) is 0 Å². The molecule has 1 aromatic heterocycles. The second-order valence-corrected chi connectivity index (χ2v) is 9.41. The van der Waals surface area contributed by atoms with E-state index in [1.54, 1.807) is 26.0 Å². The van der Waals surface area contributed by atoms with E-state index in [9.17, 15) is 13.2 Å². The molecule has 0 fully saturated rings. The molecule has 8 nitrogen and oxygen atoms in total. The normalized spacial score (nSPS) is 15.7. The number of hydrogen-bond donors (Lipinski definition) is 2. The lowest BCUT2D eigenvalue weighted by Gasteiger charge is -2.20. The number of carbonyl (C=O) groups excluding carboxylic acids is 1. The smallest absolute Gasteiger partial charge is 0.238 e. The molecule has 1 aliphatic rings. The summed E-state index contributed by atoms with van der Waals surface area (Å²) >= 11 is 0. The van der Waals surface area contributed by atoms with Crippen molar-refractivity contribution in [3.63, 3.8) is 0 Å². The Morgan fingerprint density at radius 3 is 2.67 bits per heavy atom. The average Bonchev–Trinajstić information content (AvgIpc) is 2.95. The SMILES string of the molecule is CC(C)[C@H](NS(=O)(=O)/C=C/c1ccccc1)C(=O)NCc1nnc2n1CCCCC2. The molecule has 1 aromatic carbocycles. The molecule has 2 N–H and O–H groups in total. The maximum Gasteiger partial charge on any atom is 0.238 e. The predicted octanol–water partition coefficient (Wildman–Crippen LogP) is 2.24. The lowest BCUT2D eigenvalue weighted by atomic mass is 10.1. The van der Waals surface area contributed by atoms with E-state index in [4.69, 9.17) is 0 Å². The summed E-state index contributed by atoms with van der Waals surface area (Å²) in [5.74, 6) is 1.05. The van der Waals surface area contributed by atoms with E-state index in [0.717, 1.165) is 49.0 Å². The van der Waals surface area contributed by atoms with Crippen LogP contribution >= 0.6 is 0 Å². The fourth-order valence-corrected chi connectivity index (χ4v) is 4.54. The molecule has 0 spiro atoms. The summed E-state index contributed by atoms with van der Waals surface area (Å²) in [5.41, 5.74) is 0.765. The number of amides is 1. The van der Waals surface area contributed by atoms with E-state index in [1.807, 2.05) is 18.2 Å². The molecular weight excluding hydrogens is 402 g/mol. The second kappa shape index (κ2) is 9.99. The van der Waals surface area contributed by atoms with Crippen LogP contribution in [0.25, 0.3) is 6.08 Å². The molecule has 1 aliphatic heterocycles. The van der Waals surface area contributed by atoms with Crippen molar-refractivity contribution in [3.05, 3.63) is 53.0 Å². The summed E-state index contributed by atoms with van der Waals surface area (Å²) in [6.45, 7) is 4.67. The van der Waals surface area contributed by atoms with Gasteiger partial charge in [0, 0.05) is 18.4 Å². The summed E-state index contributed by atoms with van der Waals surface area (Å²) < 4.78 is 29.5. The quantitative estimate of drug-likeness (QED) is 0.667. The summed E-state index contributed by atoms with van der Waals surface area (Å²) in [6.07, 6.45) is 5.71. The van der Waals surface area contributed by atoms with Crippen LogP contribution in [0.4, 0.5) is 0 Å². The van der Waals surface area contributed by atoms with Crippen LogP contribution in [0.3, 0.4) is 0 Å². The summed E-state index contributed by atoms with van der Waals surface area (Å²) in [5, 5.41) is 12.3. The Balaban J connectivity index is 1.63. The van der Waals surface area contributed by atoms with Crippen molar-refractivity contribution < 1.29 is 13.2 Å². The molecule has 2 heterocycles. The van der Waals surface area contributed by atoms with Gasteiger partial charge < -0.3 is 9.88 Å². The van der Waals surface area contributed by atoms with Gasteiger partial charge >= 0.3 is 0 Å². The Hall–Kier alpha value is -2.52. The van der Waals surface area contributed by atoms with Gasteiger partial charge in [0.15, 0.2) is 5.82 Å². The zero-order valence-electron chi connectivity index (χ0n) is 17.4. The van der Waals surface area contributed by atoms with Gasteiger partial charge in [0.1, 0.15) is 11.9 Å². The molecule has 1 amide bonds. The molecule has 0 saturated carbocycles. The number of nitrogens with zero attached hydrogens (tertiary/aromatic N) is 3. The first-order valence-corrected chi connectivity index (χ1v) is 11.8. The topological polar surface area (TPSA) is 106 Å². The number of benzene rings is 1. The lowest BCUT2D eigenvalue weighted by molar-refractivity contribution is -0.123. The van der Waals surface area contributed by atoms with E-state index in [-0.39, 0.29) is 18.4 Å². The van der Waals surface area contributed by atoms with Gasteiger partial charge in [-0.15, -0.1) is 10.2 Å². The maximum absolute atomic E-state index is 12.7. The van der Waals surface area contributed by atoms with Gasteiger partial charge in [0.05, 0.1) is 6.54 Å². The third-order valence-electron chi connectivity index (χ3n) is 5.09. The highest BCUT2D eigenvalue weighted by atomic mass is 32.2. The molecule has 0 unspecified atom stereocenters. The number of sulfonamides is 1. The molecule has 30 heavy (non-hydrogen) atoms. The van der Waals surface area contributed by atoms with Gasteiger partial charge in [0.2, 0.25) is 15.9 Å². The number of nitrogens with one attached hydrogen (secondary N) is 2. The van der Waals surface area contributed by atoms with Crippen LogP contribution < -0.4 is 10.0 Å². The number of aryl methyl sites for hydroxylation is 1. The van der Waals surface area contributed by atoms with Gasteiger partial charge in [-0.3, -0.25) is 4.79 Å². The predicted molar refractivity (Wildman–Crippen MR) is 116 cm³/mol. The second-order valence-electron chi connectivity index (χ2n) is 7.81. The monoisotopic (exact) mass is 431 g/mol. The molecule has 9 heteroatoms. The number of aromatic nitrogens is 3. The van der Waals surface area contributed by atoms with Crippen LogP contribution in [0.5, 0.6) is 0 Å². The maximum atomic E-state index is 12.7. The first-order valence-electron chi connectivity index (χ1n) is 10.3. The molecule has 1 atom stereocenters. The summed E-state index contributed by atoms with van der Waals surface area (Å²) in [7, 11) is -3.78. The minimum Gasteiger partial charge on any atom is -0.347 e. The van der Waals surface area contributed by atoms with Crippen molar-refractivity contribution in [2.45, 2.75) is 58.7 Å². The van der Waals surface area contributed by atoms with Crippen molar-refractivity contribution in [2.75, 3.05) is 0 Å². The zero-order chi connectivity index (χ0) is 21.6. The number of rotatable bonds is 8. The lowest BCUT2D eigenvalue weighted by Crippen LogP contribution is -2.49. The van der Waals surface area contributed by atoms with E-state index >= 15 is 0 Å². The zero-order valence-corrected chi connectivity index (χ0v) is 18.2. The minimum absolute atomic E-state index is 0.219. The van der Waals surface area contributed by atoms with E-state index in [2.05, 4.69) is 24.8 Å². The first-order chi connectivity index (χ1) is 14.4. The van der Waals surface area contributed by atoms with Crippen LogP contribution in [0.1, 0.15) is 50.3 Å². The van der Waals surface area contributed by atoms with Crippen LogP contribution in [-0.2, 0) is 34.3 Å². The molecule has 0 radical (unpaired) electrons. The Labute approximate surface area is 177 Å². The fraction of sp³-hybridized carbons (Fsp3) is 0.476. The largest absolute Gasteiger partial charge is 0.347 e. The number of hydrogen-bond acceptors (Lipinski definition) is 5. The highest BCUT2D eigenvalue weighted by molar-refractivity contribution is 7.92. The van der Waals surface area contributed by atoms with Crippen molar-refractivity contribution >= 4 is 22.0 Å². The van der Waals surface area contributed by atoms with Gasteiger partial charge in [-0.2, -0.15) is 4.72 Å². The van der Waals surface area contributed by atoms with Gasteiger partial charge in [-0.05, 0) is 30.4 Å². The van der Waals surface area contributed by atoms with Crippen LogP contribution in [0.15, 0.2) is 35.7 Å². The molecule has 0 aliphatic carbocycles. The summed E-state index contributed by atoms with van der Waals surface area (Å²) in [6, 6.07) is 8.24. The molecular formula is C21H29N5O3S. The van der Waals surface area contributed by atoms with Gasteiger partial charge in [-0.25, -0.2) is 8.42 Å². The van der Waals surface area contributed by atoms with Crippen molar-refractivity contribution in [2.24, 2.45) is 5.92 Å². The first kappa shape index (κ1) is 22.2. The Bertz CT molecular complexity index is 983. The Morgan fingerprint density at radius 2 is 1.93 bits per heavy atom. The molecule has 0 bridgehead atoms. The van der Waals surface area contributed by atoms with E-state index in [1.165, 1.54) is 6.08 Å². The number of fused-ring (bicyclic) bond motifs is 1. The van der Waals surface area contributed by atoms with Crippen molar-refractivity contribution in [1.29, 1.82) is 0 Å². The standard InChI is InChI=1S/C21H29N5O3S/c1-16(2)20(25-30(28,29)14-12-17-9-5-3-6-10-17)21(27)22-15-19-24-23-18-11-7-4-8-13-26(18)19/h3,5-6,9-10,12,14,16,20,25H,4,7-8,11,13,15H2,1-2H3,(H,22,27)/b14-12+/t20-/m0/s1. The average molecular weight is 432 g/mol. The minimum atomic E-state index is -3.78. The van der Waals surface area contributed by atoms with E-state index < -0.39 is 16.1 Å². The fourth-order valence-electron chi connectivity index (χ4n) is 3.39. The van der Waals surface area contributed by atoms with E-state index in [0.29, 0.717) is 5.82 Å². The Kier molecular flexibility index (Phi) is 7.38.